The number of nitrogens with zero attached hydrogens (tertiary/aromatic N) is 3. The quantitative estimate of drug-likeness (QED) is 0.395. The molecule has 0 spiro atoms. The van der Waals surface area contributed by atoms with Crippen molar-refractivity contribution in [1.29, 1.82) is 0 Å². The van der Waals surface area contributed by atoms with Crippen LogP contribution in [0.2, 0.25) is 5.28 Å². The number of hydrogen-bond donors (Lipinski definition) is 4. The van der Waals surface area contributed by atoms with E-state index >= 15 is 0 Å². The maximum atomic E-state index is 11.8. The molecule has 0 bridgehead atoms. The van der Waals surface area contributed by atoms with Gasteiger partial charge in [-0.3, -0.25) is 4.55 Å². The molecule has 3 aromatic rings. The SMILES string of the molecule is Cc1cc(C)c(S(=O)(=O)O)c(C)c1Nc1nc(Cl)nc(Nc2ccc(C(=O)O)cc2)n1. The molecule has 0 unspecified atom stereocenters. The summed E-state index contributed by atoms with van der Waals surface area (Å²) < 4.78 is 33.1. The molecule has 0 saturated heterocycles. The highest BCUT2D eigenvalue weighted by Gasteiger charge is 2.21. The van der Waals surface area contributed by atoms with Gasteiger partial charge in [0.15, 0.2) is 0 Å². The number of carboxylic acid groups (broad SMARTS) is 1. The summed E-state index contributed by atoms with van der Waals surface area (Å²) >= 11 is 6.00. The highest BCUT2D eigenvalue weighted by atomic mass is 35.5. The lowest BCUT2D eigenvalue weighted by Crippen LogP contribution is -2.10. The summed E-state index contributed by atoms with van der Waals surface area (Å²) in [6.07, 6.45) is 0. The van der Waals surface area contributed by atoms with E-state index in [4.69, 9.17) is 16.7 Å². The van der Waals surface area contributed by atoms with Crippen LogP contribution < -0.4 is 10.6 Å². The van der Waals surface area contributed by atoms with E-state index in [1.54, 1.807) is 39.0 Å². The first kappa shape index (κ1) is 22.4. The van der Waals surface area contributed by atoms with Crippen molar-refractivity contribution in [3.05, 3.63) is 57.9 Å². The number of anilines is 4. The Morgan fingerprint density at radius 2 is 1.55 bits per heavy atom. The van der Waals surface area contributed by atoms with Gasteiger partial charge in [-0.2, -0.15) is 23.4 Å². The number of halogens is 1. The van der Waals surface area contributed by atoms with E-state index in [0.29, 0.717) is 28.1 Å². The lowest BCUT2D eigenvalue weighted by atomic mass is 10.0. The van der Waals surface area contributed by atoms with Crippen LogP contribution in [-0.4, -0.2) is 39.0 Å². The zero-order valence-corrected chi connectivity index (χ0v) is 18.2. The number of hydrogen-bond acceptors (Lipinski definition) is 8. The lowest BCUT2D eigenvalue weighted by Gasteiger charge is -2.16. The van der Waals surface area contributed by atoms with Crippen LogP contribution in [0.3, 0.4) is 0 Å². The van der Waals surface area contributed by atoms with Crippen molar-refractivity contribution in [2.75, 3.05) is 10.6 Å². The van der Waals surface area contributed by atoms with Crippen molar-refractivity contribution in [1.82, 2.24) is 15.0 Å². The minimum atomic E-state index is -4.44. The second-order valence-electron chi connectivity index (χ2n) is 6.70. The Kier molecular flexibility index (Phi) is 6.11. The Labute approximate surface area is 183 Å². The molecule has 0 fully saturated rings. The summed E-state index contributed by atoms with van der Waals surface area (Å²) in [6.45, 7) is 4.91. The normalized spacial score (nSPS) is 11.3. The van der Waals surface area contributed by atoms with E-state index in [-0.39, 0.29) is 27.6 Å². The van der Waals surface area contributed by atoms with E-state index < -0.39 is 16.1 Å². The smallest absolute Gasteiger partial charge is 0.335 e. The van der Waals surface area contributed by atoms with E-state index in [1.165, 1.54) is 12.1 Å². The summed E-state index contributed by atoms with van der Waals surface area (Å²) in [7, 11) is -4.44. The molecule has 0 aliphatic carbocycles. The Morgan fingerprint density at radius 1 is 0.968 bits per heavy atom. The Balaban J connectivity index is 1.95. The van der Waals surface area contributed by atoms with Crippen LogP contribution in [0.25, 0.3) is 0 Å². The first-order chi connectivity index (χ1) is 14.5. The molecule has 4 N–H and O–H groups in total. The zero-order valence-electron chi connectivity index (χ0n) is 16.6. The van der Waals surface area contributed by atoms with Gasteiger partial charge in [0.1, 0.15) is 4.90 Å². The monoisotopic (exact) mass is 463 g/mol. The van der Waals surface area contributed by atoms with Gasteiger partial charge in [0.05, 0.1) is 5.56 Å². The standard InChI is InChI=1S/C19H18ClN5O5S/c1-9-8-10(2)15(31(28,29)30)11(3)14(9)22-19-24-17(20)23-18(25-19)21-13-6-4-12(5-7-13)16(26)27/h4-8H,1-3H3,(H,26,27)(H,28,29,30)(H2,21,22,23,24,25). The van der Waals surface area contributed by atoms with Gasteiger partial charge in [-0.1, -0.05) is 6.07 Å². The van der Waals surface area contributed by atoms with Crippen molar-refractivity contribution in [3.8, 4) is 0 Å². The molecule has 0 atom stereocenters. The second-order valence-corrected chi connectivity index (χ2v) is 8.40. The maximum Gasteiger partial charge on any atom is 0.335 e. The zero-order chi connectivity index (χ0) is 22.9. The van der Waals surface area contributed by atoms with Gasteiger partial charge in [-0.15, -0.1) is 0 Å². The van der Waals surface area contributed by atoms with Crippen LogP contribution in [0.5, 0.6) is 0 Å². The maximum absolute atomic E-state index is 11.8. The van der Waals surface area contributed by atoms with Crippen molar-refractivity contribution in [3.63, 3.8) is 0 Å². The fourth-order valence-electron chi connectivity index (χ4n) is 3.16. The molecular weight excluding hydrogens is 446 g/mol. The van der Waals surface area contributed by atoms with Crippen LogP contribution in [0.1, 0.15) is 27.0 Å². The molecule has 162 valence electrons. The summed E-state index contributed by atoms with van der Waals surface area (Å²) in [6, 6.07) is 7.54. The van der Waals surface area contributed by atoms with Gasteiger partial charge in [-0.05, 0) is 73.3 Å². The predicted octanol–water partition coefficient (Wildman–Crippen LogP) is 3.88. The average Bonchev–Trinajstić information content (AvgIpc) is 2.63. The number of aromatic carboxylic acids is 1. The van der Waals surface area contributed by atoms with Crippen molar-refractivity contribution in [2.24, 2.45) is 0 Å². The number of carboxylic acids is 1. The summed E-state index contributed by atoms with van der Waals surface area (Å²) in [5.74, 6) is -0.918. The highest BCUT2D eigenvalue weighted by Crippen LogP contribution is 2.32. The van der Waals surface area contributed by atoms with Crippen LogP contribution in [0, 0.1) is 20.8 Å². The van der Waals surface area contributed by atoms with E-state index in [2.05, 4.69) is 25.6 Å². The number of aryl methyl sites for hydroxylation is 2. The van der Waals surface area contributed by atoms with Crippen LogP contribution in [0.4, 0.5) is 23.3 Å². The van der Waals surface area contributed by atoms with Gasteiger partial charge >= 0.3 is 5.97 Å². The first-order valence-electron chi connectivity index (χ1n) is 8.83. The summed E-state index contributed by atoms with van der Waals surface area (Å²) in [5.41, 5.74) is 2.46. The van der Waals surface area contributed by atoms with Crippen LogP contribution >= 0.6 is 11.6 Å². The Bertz CT molecular complexity index is 1280. The number of carbonyl (C=O) groups is 1. The number of aromatic nitrogens is 3. The van der Waals surface area contributed by atoms with Gasteiger partial charge < -0.3 is 15.7 Å². The predicted molar refractivity (Wildman–Crippen MR) is 115 cm³/mol. The van der Waals surface area contributed by atoms with Crippen molar-refractivity contribution >= 4 is 51.0 Å². The van der Waals surface area contributed by atoms with Gasteiger partial charge in [0.25, 0.3) is 10.1 Å². The van der Waals surface area contributed by atoms with Crippen molar-refractivity contribution < 1.29 is 22.9 Å². The molecule has 3 rings (SSSR count). The number of benzene rings is 2. The lowest BCUT2D eigenvalue weighted by molar-refractivity contribution is 0.0697. The third-order valence-corrected chi connectivity index (χ3v) is 5.71. The topological polar surface area (TPSA) is 154 Å². The molecule has 1 aromatic heterocycles. The molecule has 0 radical (unpaired) electrons. The first-order valence-corrected chi connectivity index (χ1v) is 10.6. The summed E-state index contributed by atoms with van der Waals surface area (Å²) in [5, 5.41) is 14.7. The number of rotatable bonds is 6. The van der Waals surface area contributed by atoms with Crippen LogP contribution in [0.15, 0.2) is 35.2 Å². The molecule has 0 amide bonds. The molecule has 12 heteroatoms. The molecular formula is C19H18ClN5O5S. The highest BCUT2D eigenvalue weighted by molar-refractivity contribution is 7.86. The molecule has 2 aromatic carbocycles. The largest absolute Gasteiger partial charge is 0.478 e. The molecule has 0 aliphatic rings. The minimum absolute atomic E-state index is 0.0426. The fraction of sp³-hybridized carbons (Fsp3) is 0.158. The molecule has 0 aliphatic heterocycles. The third-order valence-electron chi connectivity index (χ3n) is 4.39. The van der Waals surface area contributed by atoms with Crippen LogP contribution in [-0.2, 0) is 10.1 Å². The number of nitrogens with one attached hydrogen (secondary N) is 2. The molecule has 0 saturated carbocycles. The van der Waals surface area contributed by atoms with Gasteiger partial charge in [0, 0.05) is 11.4 Å². The Morgan fingerprint density at radius 3 is 2.10 bits per heavy atom. The average molecular weight is 464 g/mol. The fourth-order valence-corrected chi connectivity index (χ4v) is 4.27. The molecule has 31 heavy (non-hydrogen) atoms. The molecule has 10 nitrogen and oxygen atoms in total. The van der Waals surface area contributed by atoms with Gasteiger partial charge in [0.2, 0.25) is 17.2 Å². The molecule has 1 heterocycles. The minimum Gasteiger partial charge on any atom is -0.478 e. The van der Waals surface area contributed by atoms with E-state index in [1.807, 2.05) is 0 Å². The third kappa shape index (κ3) is 5.08. The van der Waals surface area contributed by atoms with E-state index in [0.717, 1.165) is 0 Å². The Hall–Kier alpha value is -3.28. The van der Waals surface area contributed by atoms with Crippen molar-refractivity contribution in [2.45, 2.75) is 25.7 Å². The van der Waals surface area contributed by atoms with E-state index in [9.17, 15) is 17.8 Å². The summed E-state index contributed by atoms with van der Waals surface area (Å²) in [4.78, 5) is 23.0. The second kappa shape index (κ2) is 8.46. The van der Waals surface area contributed by atoms with Gasteiger partial charge in [-0.25, -0.2) is 4.79 Å².